The topological polar surface area (TPSA) is 32.3 Å². The van der Waals surface area contributed by atoms with Crippen molar-refractivity contribution in [3.8, 4) is 0 Å². The number of nitrogens with one attached hydrogen (secondary N) is 1. The van der Waals surface area contributed by atoms with Gasteiger partial charge in [-0.05, 0) is 36.5 Å². The first-order valence-corrected chi connectivity index (χ1v) is 8.11. The van der Waals surface area contributed by atoms with Crippen molar-refractivity contribution >= 4 is 23.2 Å². The minimum atomic E-state index is -0.620. The molecule has 4 unspecified atom stereocenters. The second-order valence-corrected chi connectivity index (χ2v) is 6.81. The molecule has 1 fully saturated rings. The largest absolute Gasteiger partial charge is 0.387 e. The van der Waals surface area contributed by atoms with Gasteiger partial charge in [0.2, 0.25) is 0 Å². The Morgan fingerprint density at radius 2 is 2.05 bits per heavy atom. The summed E-state index contributed by atoms with van der Waals surface area (Å²) in [5.74, 6) is 1.39. The molecule has 4 heteroatoms. The molecule has 2 N–H and O–H groups in total. The average Bonchev–Trinajstić information content (AvgIpc) is 2.43. The van der Waals surface area contributed by atoms with E-state index in [9.17, 15) is 5.11 Å². The lowest BCUT2D eigenvalue weighted by atomic mass is 9.78. The highest BCUT2D eigenvalue weighted by molar-refractivity contribution is 6.33. The Bertz CT molecular complexity index is 452. The summed E-state index contributed by atoms with van der Waals surface area (Å²) in [6, 6.07) is 5.68. The molecule has 4 atom stereocenters. The first kappa shape index (κ1) is 16.1. The smallest absolute Gasteiger partial charge is 0.0929 e. The van der Waals surface area contributed by atoms with Crippen LogP contribution in [0.25, 0.3) is 0 Å². The molecule has 1 saturated carbocycles. The number of benzene rings is 1. The van der Waals surface area contributed by atoms with Gasteiger partial charge in [0.1, 0.15) is 0 Å². The summed E-state index contributed by atoms with van der Waals surface area (Å²) in [5, 5.41) is 15.0. The standard InChI is InChI=1S/C16H23Cl2NO/c1-10-4-3-5-15(11(10)2)19-9-16(20)13-8-12(17)6-7-14(13)18/h6-8,10-11,15-16,19-20H,3-5,9H2,1-2H3. The Labute approximate surface area is 131 Å². The van der Waals surface area contributed by atoms with Gasteiger partial charge in [-0.3, -0.25) is 0 Å². The van der Waals surface area contributed by atoms with Gasteiger partial charge in [0.05, 0.1) is 6.10 Å². The molecule has 0 aromatic heterocycles. The zero-order chi connectivity index (χ0) is 14.7. The third-order valence-corrected chi connectivity index (χ3v) is 5.18. The second-order valence-electron chi connectivity index (χ2n) is 5.96. The van der Waals surface area contributed by atoms with Gasteiger partial charge in [0.25, 0.3) is 0 Å². The number of aliphatic hydroxyl groups is 1. The Balaban J connectivity index is 1.94. The molecule has 0 amide bonds. The van der Waals surface area contributed by atoms with E-state index in [1.807, 2.05) is 0 Å². The summed E-state index contributed by atoms with van der Waals surface area (Å²) >= 11 is 12.1. The van der Waals surface area contributed by atoms with Crippen molar-refractivity contribution in [2.24, 2.45) is 11.8 Å². The van der Waals surface area contributed by atoms with E-state index < -0.39 is 6.10 Å². The molecule has 0 spiro atoms. The van der Waals surface area contributed by atoms with Crippen molar-refractivity contribution < 1.29 is 5.11 Å². The molecule has 1 aromatic rings. The summed E-state index contributed by atoms with van der Waals surface area (Å²) in [5.41, 5.74) is 0.697. The van der Waals surface area contributed by atoms with Gasteiger partial charge in [0, 0.05) is 28.2 Å². The summed E-state index contributed by atoms with van der Waals surface area (Å²) in [4.78, 5) is 0. The molecule has 1 aliphatic rings. The van der Waals surface area contributed by atoms with Crippen LogP contribution in [0.1, 0.15) is 44.8 Å². The van der Waals surface area contributed by atoms with Crippen molar-refractivity contribution in [1.82, 2.24) is 5.32 Å². The Morgan fingerprint density at radius 3 is 2.80 bits per heavy atom. The monoisotopic (exact) mass is 315 g/mol. The Kier molecular flexibility index (Phi) is 5.74. The Morgan fingerprint density at radius 1 is 1.30 bits per heavy atom. The van der Waals surface area contributed by atoms with Crippen LogP contribution in [0.3, 0.4) is 0 Å². The van der Waals surface area contributed by atoms with Crippen LogP contribution in [-0.4, -0.2) is 17.7 Å². The predicted octanol–water partition coefficient (Wildman–Crippen LogP) is 4.44. The number of rotatable bonds is 4. The molecule has 20 heavy (non-hydrogen) atoms. The van der Waals surface area contributed by atoms with E-state index in [-0.39, 0.29) is 0 Å². The van der Waals surface area contributed by atoms with Gasteiger partial charge in [-0.1, -0.05) is 49.9 Å². The normalized spacial score (nSPS) is 28.4. The van der Waals surface area contributed by atoms with Gasteiger partial charge in [-0.25, -0.2) is 0 Å². The van der Waals surface area contributed by atoms with Crippen LogP contribution in [0.15, 0.2) is 18.2 Å². The SMILES string of the molecule is CC1CCCC(NCC(O)c2cc(Cl)ccc2Cl)C1C. The average molecular weight is 316 g/mol. The minimum Gasteiger partial charge on any atom is -0.387 e. The molecule has 0 heterocycles. The fourth-order valence-corrected chi connectivity index (χ4v) is 3.44. The number of aliphatic hydroxyl groups excluding tert-OH is 1. The molecule has 1 aliphatic carbocycles. The highest BCUT2D eigenvalue weighted by Crippen LogP contribution is 2.30. The first-order chi connectivity index (χ1) is 9.49. The summed E-state index contributed by atoms with van der Waals surface area (Å²) in [6.07, 6.45) is 3.13. The number of hydrogen-bond donors (Lipinski definition) is 2. The molecule has 1 aromatic carbocycles. The zero-order valence-corrected chi connectivity index (χ0v) is 13.6. The molecule has 2 nitrogen and oxygen atoms in total. The summed E-state index contributed by atoms with van der Waals surface area (Å²) in [6.45, 7) is 5.12. The van der Waals surface area contributed by atoms with Crippen LogP contribution in [0, 0.1) is 11.8 Å². The minimum absolute atomic E-state index is 0.478. The molecular formula is C16H23Cl2NO. The van der Waals surface area contributed by atoms with Crippen LogP contribution in [0.2, 0.25) is 10.0 Å². The molecule has 0 bridgehead atoms. The van der Waals surface area contributed by atoms with Crippen molar-refractivity contribution in [2.75, 3.05) is 6.54 Å². The van der Waals surface area contributed by atoms with E-state index in [1.165, 1.54) is 19.3 Å². The van der Waals surface area contributed by atoms with Gasteiger partial charge < -0.3 is 10.4 Å². The van der Waals surface area contributed by atoms with Gasteiger partial charge in [0.15, 0.2) is 0 Å². The zero-order valence-electron chi connectivity index (χ0n) is 12.1. The quantitative estimate of drug-likeness (QED) is 0.860. The van der Waals surface area contributed by atoms with Crippen molar-refractivity contribution in [1.29, 1.82) is 0 Å². The van der Waals surface area contributed by atoms with Crippen molar-refractivity contribution in [2.45, 2.75) is 45.3 Å². The van der Waals surface area contributed by atoms with Gasteiger partial charge >= 0.3 is 0 Å². The second kappa shape index (κ2) is 7.13. The van der Waals surface area contributed by atoms with E-state index in [0.29, 0.717) is 34.1 Å². The maximum absolute atomic E-state index is 10.3. The predicted molar refractivity (Wildman–Crippen MR) is 85.4 cm³/mol. The summed E-state index contributed by atoms with van der Waals surface area (Å²) < 4.78 is 0. The summed E-state index contributed by atoms with van der Waals surface area (Å²) in [7, 11) is 0. The lowest BCUT2D eigenvalue weighted by molar-refractivity contribution is 0.145. The molecule has 0 saturated heterocycles. The maximum atomic E-state index is 10.3. The molecule has 2 rings (SSSR count). The third kappa shape index (κ3) is 3.88. The molecule has 0 aliphatic heterocycles. The van der Waals surface area contributed by atoms with Gasteiger partial charge in [-0.15, -0.1) is 0 Å². The van der Waals surface area contributed by atoms with Crippen LogP contribution < -0.4 is 5.32 Å². The van der Waals surface area contributed by atoms with E-state index in [0.717, 1.165) is 5.92 Å². The lowest BCUT2D eigenvalue weighted by Crippen LogP contribution is -2.42. The van der Waals surface area contributed by atoms with Crippen molar-refractivity contribution in [3.63, 3.8) is 0 Å². The first-order valence-electron chi connectivity index (χ1n) is 7.35. The van der Waals surface area contributed by atoms with Gasteiger partial charge in [-0.2, -0.15) is 0 Å². The number of halogens is 2. The Hall–Kier alpha value is -0.280. The third-order valence-electron chi connectivity index (χ3n) is 4.60. The number of hydrogen-bond acceptors (Lipinski definition) is 2. The molecule has 112 valence electrons. The van der Waals surface area contributed by atoms with Crippen molar-refractivity contribution in [3.05, 3.63) is 33.8 Å². The lowest BCUT2D eigenvalue weighted by Gasteiger charge is -2.35. The van der Waals surface area contributed by atoms with E-state index in [4.69, 9.17) is 23.2 Å². The van der Waals surface area contributed by atoms with E-state index in [2.05, 4.69) is 19.2 Å². The maximum Gasteiger partial charge on any atom is 0.0929 e. The van der Waals surface area contributed by atoms with Crippen LogP contribution in [0.4, 0.5) is 0 Å². The van der Waals surface area contributed by atoms with Crippen LogP contribution >= 0.6 is 23.2 Å². The highest BCUT2D eigenvalue weighted by Gasteiger charge is 2.27. The van der Waals surface area contributed by atoms with E-state index >= 15 is 0 Å². The van der Waals surface area contributed by atoms with Crippen LogP contribution in [-0.2, 0) is 0 Å². The fourth-order valence-electron chi connectivity index (χ4n) is 3.01. The molecule has 0 radical (unpaired) electrons. The molecular weight excluding hydrogens is 293 g/mol. The highest BCUT2D eigenvalue weighted by atomic mass is 35.5. The van der Waals surface area contributed by atoms with E-state index in [1.54, 1.807) is 18.2 Å². The fraction of sp³-hybridized carbons (Fsp3) is 0.625. The van der Waals surface area contributed by atoms with Crippen LogP contribution in [0.5, 0.6) is 0 Å².